The first kappa shape index (κ1) is 9.63. The molecule has 0 aliphatic carbocycles. The summed E-state index contributed by atoms with van der Waals surface area (Å²) in [6.07, 6.45) is 0. The average Bonchev–Trinajstić information content (AvgIpc) is 2.72. The molecule has 2 heterocycles. The summed E-state index contributed by atoms with van der Waals surface area (Å²) >= 11 is 0. The lowest BCUT2D eigenvalue weighted by Gasteiger charge is -1.96. The van der Waals surface area contributed by atoms with Gasteiger partial charge in [-0.05, 0) is 10.4 Å². The monoisotopic (exact) mass is 224 g/mol. The zero-order valence-corrected chi connectivity index (χ0v) is 7.89. The predicted molar refractivity (Wildman–Crippen MR) is 53.3 cm³/mol. The number of nitrogens with two attached hydrogens (primary N) is 4. The third-order valence-corrected chi connectivity index (χ3v) is 1.60. The molecule has 0 aromatic carbocycles. The highest BCUT2D eigenvalue weighted by molar-refractivity contribution is 5.29. The molecule has 84 valence electrons. The third-order valence-electron chi connectivity index (χ3n) is 1.60. The van der Waals surface area contributed by atoms with Crippen molar-refractivity contribution in [2.24, 2.45) is 10.4 Å². The Labute approximate surface area is 87.9 Å². The van der Waals surface area contributed by atoms with E-state index in [2.05, 4.69) is 30.8 Å². The first-order valence-electron chi connectivity index (χ1n) is 3.94. The van der Waals surface area contributed by atoms with Gasteiger partial charge in [0, 0.05) is 0 Å². The molecule has 0 amide bonds. The average molecular weight is 224 g/mol. The SMILES string of the molecule is Nc1nnc(N)n1/N=N/n1c(N)nnc1N. The molecule has 0 saturated heterocycles. The maximum Gasteiger partial charge on any atom is 0.246 e. The Balaban J connectivity index is 2.35. The van der Waals surface area contributed by atoms with Gasteiger partial charge in [0.2, 0.25) is 23.8 Å². The van der Waals surface area contributed by atoms with E-state index in [1.807, 2.05) is 0 Å². The molecule has 0 unspecified atom stereocenters. The van der Waals surface area contributed by atoms with Crippen LogP contribution in [0.2, 0.25) is 0 Å². The molecule has 0 bridgehead atoms. The van der Waals surface area contributed by atoms with Gasteiger partial charge >= 0.3 is 0 Å². The molecule has 12 heteroatoms. The maximum absolute atomic E-state index is 5.41. The number of nitrogen functional groups attached to an aromatic ring is 4. The van der Waals surface area contributed by atoms with E-state index in [1.165, 1.54) is 0 Å². The van der Waals surface area contributed by atoms with E-state index in [1.54, 1.807) is 0 Å². The summed E-state index contributed by atoms with van der Waals surface area (Å²) in [5.74, 6) is -0.0872. The maximum atomic E-state index is 5.41. The van der Waals surface area contributed by atoms with Crippen LogP contribution in [-0.2, 0) is 0 Å². The quantitative estimate of drug-likeness (QED) is 0.415. The number of rotatable bonds is 2. The number of hydrogen-bond donors (Lipinski definition) is 4. The minimum absolute atomic E-state index is 0.0218. The molecule has 12 nitrogen and oxygen atoms in total. The summed E-state index contributed by atoms with van der Waals surface area (Å²) in [4.78, 5) is 0. The molecule has 16 heavy (non-hydrogen) atoms. The van der Waals surface area contributed by atoms with E-state index >= 15 is 0 Å². The molecular formula is C4H8N12. The first-order valence-corrected chi connectivity index (χ1v) is 3.94. The van der Waals surface area contributed by atoms with E-state index in [4.69, 9.17) is 22.9 Å². The van der Waals surface area contributed by atoms with Crippen molar-refractivity contribution in [2.45, 2.75) is 0 Å². The van der Waals surface area contributed by atoms with Gasteiger partial charge in [-0.3, -0.25) is 0 Å². The molecule has 0 spiro atoms. The van der Waals surface area contributed by atoms with Crippen LogP contribution in [-0.4, -0.2) is 29.7 Å². The molecule has 8 N–H and O–H groups in total. The highest BCUT2D eigenvalue weighted by atomic mass is 15.7. The van der Waals surface area contributed by atoms with Gasteiger partial charge in [-0.25, -0.2) is 0 Å². The van der Waals surface area contributed by atoms with Crippen molar-refractivity contribution >= 4 is 23.8 Å². The molecule has 0 fully saturated rings. The Bertz CT molecular complexity index is 444. The second-order valence-corrected chi connectivity index (χ2v) is 2.64. The van der Waals surface area contributed by atoms with Crippen LogP contribution in [0, 0.1) is 0 Å². The van der Waals surface area contributed by atoms with Crippen molar-refractivity contribution in [3.63, 3.8) is 0 Å². The molecule has 2 aromatic rings. The number of anilines is 4. The summed E-state index contributed by atoms with van der Waals surface area (Å²) in [5.41, 5.74) is 21.6. The van der Waals surface area contributed by atoms with Gasteiger partial charge < -0.3 is 22.9 Å². The van der Waals surface area contributed by atoms with Crippen LogP contribution in [0.3, 0.4) is 0 Å². The minimum atomic E-state index is -0.0218. The van der Waals surface area contributed by atoms with Crippen LogP contribution >= 0.6 is 0 Å². The van der Waals surface area contributed by atoms with Crippen LogP contribution in [0.25, 0.3) is 0 Å². The van der Waals surface area contributed by atoms with Crippen LogP contribution in [0.5, 0.6) is 0 Å². The van der Waals surface area contributed by atoms with Gasteiger partial charge in [0.25, 0.3) is 0 Å². The smallest absolute Gasteiger partial charge is 0.246 e. The molecule has 0 radical (unpaired) electrons. The summed E-state index contributed by atoms with van der Waals surface area (Å²) in [6.45, 7) is 0. The molecule has 0 saturated carbocycles. The van der Waals surface area contributed by atoms with E-state index in [0.717, 1.165) is 9.35 Å². The van der Waals surface area contributed by atoms with Gasteiger partial charge in [0.05, 0.1) is 0 Å². The standard InChI is InChI=1S/C4H8N12/c5-1-9-10-2(6)15(1)13-14-16-3(7)11-12-4(16)8/h(H2,5,9)(H2,6,10)(H2,7,11)(H2,8,12)/b14-13+. The zero-order valence-electron chi connectivity index (χ0n) is 7.89. The number of nitrogens with zero attached hydrogens (tertiary/aromatic N) is 8. The largest absolute Gasteiger partial charge is 0.366 e. The van der Waals surface area contributed by atoms with E-state index < -0.39 is 0 Å². The van der Waals surface area contributed by atoms with Gasteiger partial charge in [-0.15, -0.1) is 29.7 Å². The molecule has 0 atom stereocenters. The summed E-state index contributed by atoms with van der Waals surface area (Å²) in [7, 11) is 0. The number of aromatic nitrogens is 6. The molecule has 2 rings (SSSR count). The second kappa shape index (κ2) is 3.34. The Kier molecular flexibility index (Phi) is 2.01. The van der Waals surface area contributed by atoms with Crippen LogP contribution in [0.1, 0.15) is 0 Å². The second-order valence-electron chi connectivity index (χ2n) is 2.64. The molecule has 0 aliphatic rings. The highest BCUT2D eigenvalue weighted by Gasteiger charge is 2.07. The summed E-state index contributed by atoms with van der Waals surface area (Å²) in [5, 5.41) is 21.1. The van der Waals surface area contributed by atoms with Crippen LogP contribution < -0.4 is 22.9 Å². The van der Waals surface area contributed by atoms with Crippen molar-refractivity contribution in [1.82, 2.24) is 29.7 Å². The predicted octanol–water partition coefficient (Wildman–Crippen LogP) is -2.12. The fourth-order valence-corrected chi connectivity index (χ4v) is 0.872. The Morgan fingerprint density at radius 3 is 1.12 bits per heavy atom. The normalized spacial score (nSPS) is 11.2. The minimum Gasteiger partial charge on any atom is -0.366 e. The van der Waals surface area contributed by atoms with Crippen molar-refractivity contribution in [3.8, 4) is 0 Å². The van der Waals surface area contributed by atoms with Crippen molar-refractivity contribution < 1.29 is 0 Å². The lowest BCUT2D eigenvalue weighted by Crippen LogP contribution is -2.04. The highest BCUT2D eigenvalue weighted by Crippen LogP contribution is 2.08. The van der Waals surface area contributed by atoms with E-state index in [0.29, 0.717) is 0 Å². The zero-order chi connectivity index (χ0) is 11.7. The Morgan fingerprint density at radius 1 is 0.625 bits per heavy atom. The van der Waals surface area contributed by atoms with Gasteiger partial charge in [0.1, 0.15) is 0 Å². The van der Waals surface area contributed by atoms with Crippen LogP contribution in [0.4, 0.5) is 23.8 Å². The Hall–Kier alpha value is -2.92. The van der Waals surface area contributed by atoms with Gasteiger partial charge in [0.15, 0.2) is 0 Å². The number of hydrogen-bond acceptors (Lipinski definition) is 10. The fraction of sp³-hybridized carbons (Fsp3) is 0. The van der Waals surface area contributed by atoms with Crippen LogP contribution in [0.15, 0.2) is 10.4 Å². The van der Waals surface area contributed by atoms with E-state index in [-0.39, 0.29) is 23.8 Å². The van der Waals surface area contributed by atoms with E-state index in [9.17, 15) is 0 Å². The summed E-state index contributed by atoms with van der Waals surface area (Å²) in [6, 6.07) is 0. The topological polar surface area (TPSA) is 190 Å². The van der Waals surface area contributed by atoms with Crippen molar-refractivity contribution in [2.75, 3.05) is 22.9 Å². The van der Waals surface area contributed by atoms with Gasteiger partial charge in [-0.1, -0.05) is 0 Å². The lowest BCUT2D eigenvalue weighted by atomic mass is 11.0. The van der Waals surface area contributed by atoms with Crippen molar-refractivity contribution in [1.29, 1.82) is 0 Å². The first-order chi connectivity index (χ1) is 7.59. The van der Waals surface area contributed by atoms with Gasteiger partial charge in [-0.2, -0.15) is 0 Å². The Morgan fingerprint density at radius 2 is 0.875 bits per heavy atom. The van der Waals surface area contributed by atoms with Crippen molar-refractivity contribution in [3.05, 3.63) is 0 Å². The fourth-order valence-electron chi connectivity index (χ4n) is 0.872. The molecule has 0 aliphatic heterocycles. The summed E-state index contributed by atoms with van der Waals surface area (Å²) < 4.78 is 2.00. The molecular weight excluding hydrogens is 216 g/mol. The molecule has 2 aromatic heterocycles. The lowest BCUT2D eigenvalue weighted by molar-refractivity contribution is 0.706. The third kappa shape index (κ3) is 1.43.